The number of hydrogen-bond donors (Lipinski definition) is 0. The monoisotopic (exact) mass is 453 g/mol. The molecule has 0 spiro atoms. The number of methoxy groups -OCH3 is 1. The third-order valence-corrected chi connectivity index (χ3v) is 7.27. The zero-order valence-electron chi connectivity index (χ0n) is 19.4. The minimum Gasteiger partial charge on any atom is -0.467 e. The van der Waals surface area contributed by atoms with Crippen molar-refractivity contribution in [3.63, 3.8) is 0 Å². The fourth-order valence-electron chi connectivity index (χ4n) is 5.60. The fraction of sp³-hybridized carbons (Fsp3) is 0.333. The number of ether oxygens (including phenoxy) is 1. The SMILES string of the molecule is COc1ncc(C2=NCc3cc4c(cc32)CN([C@@H]2CN(C)C[C@H]2c2ccccc2)C(=O)C4)cn1. The molecule has 2 atom stereocenters. The van der Waals surface area contributed by atoms with E-state index in [1.807, 2.05) is 6.07 Å². The second kappa shape index (κ2) is 8.33. The summed E-state index contributed by atoms with van der Waals surface area (Å²) in [6.45, 7) is 3.10. The van der Waals surface area contributed by atoms with E-state index in [9.17, 15) is 4.79 Å². The highest BCUT2D eigenvalue weighted by molar-refractivity contribution is 6.15. The summed E-state index contributed by atoms with van der Waals surface area (Å²) in [5, 5.41) is 0. The first kappa shape index (κ1) is 21.0. The van der Waals surface area contributed by atoms with Crippen LogP contribution < -0.4 is 4.74 Å². The van der Waals surface area contributed by atoms with Crippen molar-refractivity contribution < 1.29 is 9.53 Å². The van der Waals surface area contributed by atoms with E-state index in [0.717, 1.165) is 41.1 Å². The maximum atomic E-state index is 13.3. The predicted octanol–water partition coefficient (Wildman–Crippen LogP) is 2.82. The topological polar surface area (TPSA) is 70.9 Å². The fourth-order valence-corrected chi connectivity index (χ4v) is 5.60. The van der Waals surface area contributed by atoms with Crippen molar-refractivity contribution in [2.45, 2.75) is 31.5 Å². The number of likely N-dealkylation sites (tertiary alicyclic amines) is 1. The Balaban J connectivity index is 1.31. The van der Waals surface area contributed by atoms with E-state index >= 15 is 0 Å². The average molecular weight is 454 g/mol. The van der Waals surface area contributed by atoms with Crippen LogP contribution in [0.1, 0.15) is 39.3 Å². The summed E-state index contributed by atoms with van der Waals surface area (Å²) < 4.78 is 5.09. The highest BCUT2D eigenvalue weighted by Gasteiger charge is 2.40. The van der Waals surface area contributed by atoms with Crippen LogP contribution in [-0.4, -0.2) is 64.7 Å². The second-order valence-corrected chi connectivity index (χ2v) is 9.41. The number of hydrogen-bond acceptors (Lipinski definition) is 6. The van der Waals surface area contributed by atoms with Gasteiger partial charge in [0.25, 0.3) is 0 Å². The van der Waals surface area contributed by atoms with Crippen LogP contribution >= 0.6 is 0 Å². The largest absolute Gasteiger partial charge is 0.467 e. The molecular formula is C27H27N5O2. The van der Waals surface area contributed by atoms with Gasteiger partial charge in [-0.3, -0.25) is 9.79 Å². The van der Waals surface area contributed by atoms with Gasteiger partial charge in [-0.1, -0.05) is 36.4 Å². The van der Waals surface area contributed by atoms with Gasteiger partial charge in [-0.25, -0.2) is 9.97 Å². The van der Waals surface area contributed by atoms with Crippen LogP contribution in [0.2, 0.25) is 0 Å². The molecule has 1 saturated heterocycles. The molecule has 2 aromatic carbocycles. The number of aliphatic imine (C=N–C) groups is 1. The van der Waals surface area contributed by atoms with E-state index in [1.165, 1.54) is 11.1 Å². The Bertz CT molecular complexity index is 1270. The molecule has 1 aromatic heterocycles. The summed E-state index contributed by atoms with van der Waals surface area (Å²) in [4.78, 5) is 31.0. The third kappa shape index (κ3) is 3.56. The Morgan fingerprint density at radius 2 is 1.79 bits per heavy atom. The molecule has 0 N–H and O–H groups in total. The molecule has 0 aliphatic carbocycles. The van der Waals surface area contributed by atoms with Crippen molar-refractivity contribution in [3.05, 3.63) is 88.2 Å². The minimum atomic E-state index is 0.171. The maximum Gasteiger partial charge on any atom is 0.316 e. The lowest BCUT2D eigenvalue weighted by atomic mass is 9.88. The Morgan fingerprint density at radius 1 is 1.00 bits per heavy atom. The summed E-state index contributed by atoms with van der Waals surface area (Å²) in [5.41, 5.74) is 7.71. The van der Waals surface area contributed by atoms with Gasteiger partial charge in [0.1, 0.15) is 0 Å². The zero-order chi connectivity index (χ0) is 23.2. The van der Waals surface area contributed by atoms with E-state index in [-0.39, 0.29) is 11.9 Å². The molecule has 3 aliphatic rings. The Morgan fingerprint density at radius 3 is 2.56 bits per heavy atom. The van der Waals surface area contributed by atoms with Crippen molar-refractivity contribution in [1.82, 2.24) is 19.8 Å². The lowest BCUT2D eigenvalue weighted by Crippen LogP contribution is -2.46. The summed E-state index contributed by atoms with van der Waals surface area (Å²) in [7, 11) is 3.70. The lowest BCUT2D eigenvalue weighted by molar-refractivity contribution is -0.134. The standard InChI is InChI=1S/C27H27N5O2/c1-31-15-23(17-6-4-3-5-7-17)24(16-31)32-14-20-9-22-19(8-18(20)10-25(32)33)11-28-26(22)21-12-29-27(34-2)30-13-21/h3-9,12-13,23-24H,10-11,14-16H2,1-2H3/t23-,24+/m0/s1. The number of amides is 1. The van der Waals surface area contributed by atoms with Crippen LogP contribution in [0.4, 0.5) is 0 Å². The van der Waals surface area contributed by atoms with Gasteiger partial charge in [-0.05, 0) is 35.4 Å². The highest BCUT2D eigenvalue weighted by atomic mass is 16.5. The molecule has 3 aromatic rings. The molecule has 0 radical (unpaired) electrons. The molecule has 7 nitrogen and oxygen atoms in total. The third-order valence-electron chi connectivity index (χ3n) is 7.27. The number of aromatic nitrogens is 2. The van der Waals surface area contributed by atoms with Crippen molar-refractivity contribution >= 4 is 11.6 Å². The number of likely N-dealkylation sites (N-methyl/N-ethyl adjacent to an activating group) is 1. The number of carbonyl (C=O) groups excluding carboxylic acids is 1. The van der Waals surface area contributed by atoms with Crippen LogP contribution in [-0.2, 0) is 24.3 Å². The van der Waals surface area contributed by atoms with Crippen molar-refractivity contribution in [3.8, 4) is 6.01 Å². The lowest BCUT2D eigenvalue weighted by Gasteiger charge is -2.37. The molecular weight excluding hydrogens is 426 g/mol. The molecule has 3 aliphatic heterocycles. The van der Waals surface area contributed by atoms with Gasteiger partial charge in [-0.15, -0.1) is 0 Å². The van der Waals surface area contributed by atoms with Gasteiger partial charge in [0.2, 0.25) is 5.91 Å². The summed E-state index contributed by atoms with van der Waals surface area (Å²) >= 11 is 0. The quantitative estimate of drug-likeness (QED) is 0.608. The van der Waals surface area contributed by atoms with Gasteiger partial charge in [-0.2, -0.15) is 0 Å². The van der Waals surface area contributed by atoms with E-state index < -0.39 is 0 Å². The Kier molecular flexibility index (Phi) is 5.14. The van der Waals surface area contributed by atoms with Crippen LogP contribution in [0.5, 0.6) is 6.01 Å². The second-order valence-electron chi connectivity index (χ2n) is 9.41. The van der Waals surface area contributed by atoms with E-state index in [0.29, 0.717) is 31.4 Å². The summed E-state index contributed by atoms with van der Waals surface area (Å²) in [5.74, 6) is 0.538. The van der Waals surface area contributed by atoms with E-state index in [2.05, 4.69) is 63.2 Å². The smallest absolute Gasteiger partial charge is 0.316 e. The normalized spacial score (nSPS) is 21.9. The molecule has 0 unspecified atom stereocenters. The predicted molar refractivity (Wildman–Crippen MR) is 129 cm³/mol. The van der Waals surface area contributed by atoms with Crippen LogP contribution in [0, 0.1) is 0 Å². The molecule has 4 heterocycles. The maximum absolute atomic E-state index is 13.3. The van der Waals surface area contributed by atoms with Crippen molar-refractivity contribution in [2.24, 2.45) is 4.99 Å². The van der Waals surface area contributed by atoms with Crippen molar-refractivity contribution in [2.75, 3.05) is 27.2 Å². The summed E-state index contributed by atoms with van der Waals surface area (Å²) in [6.07, 6.45) is 3.97. The Hall–Kier alpha value is -3.58. The Labute approximate surface area is 199 Å². The average Bonchev–Trinajstić information content (AvgIpc) is 3.46. The molecule has 1 amide bonds. The van der Waals surface area contributed by atoms with Gasteiger partial charge in [0.15, 0.2) is 0 Å². The molecule has 7 heteroatoms. The van der Waals surface area contributed by atoms with Gasteiger partial charge < -0.3 is 14.5 Å². The van der Waals surface area contributed by atoms with Crippen LogP contribution in [0.3, 0.4) is 0 Å². The van der Waals surface area contributed by atoms with E-state index in [4.69, 9.17) is 9.73 Å². The molecule has 1 fully saturated rings. The van der Waals surface area contributed by atoms with Crippen LogP contribution in [0.15, 0.2) is 59.9 Å². The number of rotatable bonds is 4. The van der Waals surface area contributed by atoms with Gasteiger partial charge in [0.05, 0.1) is 31.8 Å². The first-order valence-corrected chi connectivity index (χ1v) is 11.7. The molecule has 0 bridgehead atoms. The number of nitrogens with zero attached hydrogens (tertiary/aromatic N) is 5. The highest BCUT2D eigenvalue weighted by Crippen LogP contribution is 2.35. The number of benzene rings is 2. The zero-order valence-corrected chi connectivity index (χ0v) is 19.4. The first-order chi connectivity index (χ1) is 16.6. The molecule has 34 heavy (non-hydrogen) atoms. The van der Waals surface area contributed by atoms with Crippen LogP contribution in [0.25, 0.3) is 0 Å². The number of fused-ring (bicyclic) bond motifs is 2. The summed E-state index contributed by atoms with van der Waals surface area (Å²) in [6, 6.07) is 15.5. The first-order valence-electron chi connectivity index (χ1n) is 11.7. The number of carbonyl (C=O) groups is 1. The van der Waals surface area contributed by atoms with E-state index in [1.54, 1.807) is 19.5 Å². The molecule has 172 valence electrons. The molecule has 6 rings (SSSR count). The van der Waals surface area contributed by atoms with Gasteiger partial charge in [0, 0.05) is 49.1 Å². The van der Waals surface area contributed by atoms with Crippen molar-refractivity contribution in [1.29, 1.82) is 0 Å². The minimum absolute atomic E-state index is 0.171. The van der Waals surface area contributed by atoms with Gasteiger partial charge >= 0.3 is 6.01 Å². The molecule has 0 saturated carbocycles.